The molecule has 0 aliphatic heterocycles. The van der Waals surface area contributed by atoms with Crippen LogP contribution in [-0.4, -0.2) is 21.1 Å². The number of fused-ring (bicyclic) bond motifs is 1. The smallest absolute Gasteiger partial charge is 0.165 e. The minimum absolute atomic E-state index is 0.244. The van der Waals surface area contributed by atoms with Crippen molar-refractivity contribution >= 4 is 11.5 Å². The second kappa shape index (κ2) is 6.13. The van der Waals surface area contributed by atoms with Crippen molar-refractivity contribution < 1.29 is 4.39 Å². The summed E-state index contributed by atoms with van der Waals surface area (Å²) >= 11 is 0. The quantitative estimate of drug-likeness (QED) is 0.722. The van der Waals surface area contributed by atoms with E-state index in [1.807, 2.05) is 13.0 Å². The van der Waals surface area contributed by atoms with E-state index in [0.717, 1.165) is 47.7 Å². The van der Waals surface area contributed by atoms with E-state index in [2.05, 4.69) is 22.3 Å². The minimum Gasteiger partial charge on any atom is -0.370 e. The van der Waals surface area contributed by atoms with Gasteiger partial charge in [0.25, 0.3) is 0 Å². The largest absolute Gasteiger partial charge is 0.370 e. The lowest BCUT2D eigenvalue weighted by Crippen LogP contribution is -2.07. The fraction of sp³-hybridized carbons (Fsp3) is 0.294. The first kappa shape index (κ1) is 14.5. The molecule has 0 fully saturated rings. The lowest BCUT2D eigenvalue weighted by atomic mass is 10.1. The maximum atomic E-state index is 13.1. The fourth-order valence-corrected chi connectivity index (χ4v) is 2.44. The molecule has 1 aromatic carbocycles. The Kier molecular flexibility index (Phi) is 4.04. The van der Waals surface area contributed by atoms with Gasteiger partial charge in [-0.25, -0.2) is 9.37 Å². The lowest BCUT2D eigenvalue weighted by molar-refractivity contribution is 0.628. The molecule has 2 heterocycles. The molecule has 0 spiro atoms. The van der Waals surface area contributed by atoms with E-state index in [1.54, 1.807) is 22.8 Å². The number of benzene rings is 1. The van der Waals surface area contributed by atoms with Crippen LogP contribution in [0, 0.1) is 12.7 Å². The van der Waals surface area contributed by atoms with Crippen LogP contribution in [-0.2, 0) is 0 Å². The molecule has 0 amide bonds. The predicted molar refractivity (Wildman–Crippen MR) is 86.5 cm³/mol. The van der Waals surface area contributed by atoms with Gasteiger partial charge in [-0.3, -0.25) is 0 Å². The summed E-state index contributed by atoms with van der Waals surface area (Å²) in [6.07, 6.45) is 4.02. The first-order valence-corrected chi connectivity index (χ1v) is 7.54. The maximum absolute atomic E-state index is 13.1. The van der Waals surface area contributed by atoms with E-state index in [1.165, 1.54) is 12.1 Å². The second-order valence-electron chi connectivity index (χ2n) is 5.36. The highest BCUT2D eigenvalue weighted by molar-refractivity contribution is 5.78. The van der Waals surface area contributed by atoms with Crippen molar-refractivity contribution in [2.24, 2.45) is 0 Å². The van der Waals surface area contributed by atoms with Gasteiger partial charge in [-0.15, -0.1) is 0 Å². The third kappa shape index (κ3) is 2.79. The summed E-state index contributed by atoms with van der Waals surface area (Å²) < 4.78 is 14.9. The standard InChI is InChI=1S/C17H19FN4/c1-3-4-9-19-16-10-12(2)21-17-15(11-20-22(16)17)13-5-7-14(18)8-6-13/h5-8,10-11,19H,3-4,9H2,1-2H3. The summed E-state index contributed by atoms with van der Waals surface area (Å²) in [5.41, 5.74) is 3.53. The van der Waals surface area contributed by atoms with Gasteiger partial charge in [-0.1, -0.05) is 25.5 Å². The zero-order valence-electron chi connectivity index (χ0n) is 12.8. The van der Waals surface area contributed by atoms with Crippen molar-refractivity contribution in [1.29, 1.82) is 0 Å². The van der Waals surface area contributed by atoms with Crippen LogP contribution in [0.5, 0.6) is 0 Å². The molecule has 0 bridgehead atoms. The number of aromatic nitrogens is 3. The topological polar surface area (TPSA) is 42.2 Å². The molecule has 1 N–H and O–H groups in total. The molecule has 0 atom stereocenters. The number of rotatable bonds is 5. The van der Waals surface area contributed by atoms with Crippen molar-refractivity contribution in [3.05, 3.63) is 48.0 Å². The highest BCUT2D eigenvalue weighted by atomic mass is 19.1. The zero-order valence-corrected chi connectivity index (χ0v) is 12.8. The summed E-state index contributed by atoms with van der Waals surface area (Å²) in [6, 6.07) is 8.40. The summed E-state index contributed by atoms with van der Waals surface area (Å²) in [7, 11) is 0. The van der Waals surface area contributed by atoms with Crippen LogP contribution in [0.1, 0.15) is 25.5 Å². The molecule has 3 aromatic rings. The maximum Gasteiger partial charge on any atom is 0.165 e. The number of unbranched alkanes of at least 4 members (excludes halogenated alkanes) is 1. The molecule has 5 heteroatoms. The zero-order chi connectivity index (χ0) is 15.5. The molecule has 0 aliphatic carbocycles. The normalized spacial score (nSPS) is 11.0. The molecule has 0 radical (unpaired) electrons. The molecule has 0 unspecified atom stereocenters. The monoisotopic (exact) mass is 298 g/mol. The number of nitrogens with zero attached hydrogens (tertiary/aromatic N) is 3. The van der Waals surface area contributed by atoms with Crippen LogP contribution in [0.2, 0.25) is 0 Å². The van der Waals surface area contributed by atoms with Crippen LogP contribution in [0.15, 0.2) is 36.5 Å². The van der Waals surface area contributed by atoms with Crippen molar-refractivity contribution in [2.75, 3.05) is 11.9 Å². The van der Waals surface area contributed by atoms with Gasteiger partial charge in [0.1, 0.15) is 11.6 Å². The van der Waals surface area contributed by atoms with Gasteiger partial charge in [0, 0.05) is 23.9 Å². The third-order valence-electron chi connectivity index (χ3n) is 3.59. The Morgan fingerprint density at radius 3 is 2.73 bits per heavy atom. The van der Waals surface area contributed by atoms with Gasteiger partial charge < -0.3 is 5.32 Å². The Bertz CT molecular complexity index is 777. The molecule has 114 valence electrons. The Labute approximate surface area is 129 Å². The van der Waals surface area contributed by atoms with E-state index in [9.17, 15) is 4.39 Å². The van der Waals surface area contributed by atoms with Crippen LogP contribution >= 0.6 is 0 Å². The number of anilines is 1. The molecule has 0 saturated heterocycles. The summed E-state index contributed by atoms with van der Waals surface area (Å²) in [5, 5.41) is 7.84. The second-order valence-corrected chi connectivity index (χ2v) is 5.36. The number of hydrogen-bond acceptors (Lipinski definition) is 3. The highest BCUT2D eigenvalue weighted by Crippen LogP contribution is 2.25. The average Bonchev–Trinajstić information content (AvgIpc) is 2.92. The predicted octanol–water partition coefficient (Wildman–Crippen LogP) is 4.06. The molecule has 3 rings (SSSR count). The fourth-order valence-electron chi connectivity index (χ4n) is 2.44. The molecular weight excluding hydrogens is 279 g/mol. The van der Waals surface area contributed by atoms with Gasteiger partial charge in [0.15, 0.2) is 5.65 Å². The van der Waals surface area contributed by atoms with E-state index in [4.69, 9.17) is 0 Å². The molecule has 22 heavy (non-hydrogen) atoms. The first-order valence-electron chi connectivity index (χ1n) is 7.54. The van der Waals surface area contributed by atoms with E-state index in [0.29, 0.717) is 0 Å². The van der Waals surface area contributed by atoms with Gasteiger partial charge >= 0.3 is 0 Å². The van der Waals surface area contributed by atoms with Crippen molar-refractivity contribution in [2.45, 2.75) is 26.7 Å². The number of hydrogen-bond donors (Lipinski definition) is 1. The van der Waals surface area contributed by atoms with E-state index >= 15 is 0 Å². The molecular formula is C17H19FN4. The average molecular weight is 298 g/mol. The Hall–Kier alpha value is -2.43. The number of aryl methyl sites for hydroxylation is 1. The summed E-state index contributed by atoms with van der Waals surface area (Å²) in [4.78, 5) is 4.59. The molecule has 4 nitrogen and oxygen atoms in total. The van der Waals surface area contributed by atoms with Gasteiger partial charge in [0.05, 0.1) is 6.20 Å². The summed E-state index contributed by atoms with van der Waals surface area (Å²) in [5.74, 6) is 0.690. The van der Waals surface area contributed by atoms with Crippen molar-refractivity contribution in [1.82, 2.24) is 14.6 Å². The Morgan fingerprint density at radius 1 is 1.23 bits per heavy atom. The molecule has 0 aliphatic rings. The molecule has 2 aromatic heterocycles. The van der Waals surface area contributed by atoms with Gasteiger partial charge in [0.2, 0.25) is 0 Å². The Balaban J connectivity index is 2.04. The number of halogens is 1. The number of nitrogens with one attached hydrogen (secondary N) is 1. The van der Waals surface area contributed by atoms with Crippen LogP contribution < -0.4 is 5.32 Å². The van der Waals surface area contributed by atoms with Crippen LogP contribution in [0.25, 0.3) is 16.8 Å². The minimum atomic E-state index is -0.244. The van der Waals surface area contributed by atoms with E-state index < -0.39 is 0 Å². The van der Waals surface area contributed by atoms with Gasteiger partial charge in [-0.05, 0) is 31.0 Å². The lowest BCUT2D eigenvalue weighted by Gasteiger charge is -2.09. The van der Waals surface area contributed by atoms with E-state index in [-0.39, 0.29) is 5.82 Å². The van der Waals surface area contributed by atoms with Crippen molar-refractivity contribution in [3.63, 3.8) is 0 Å². The summed E-state index contributed by atoms with van der Waals surface area (Å²) in [6.45, 7) is 5.03. The van der Waals surface area contributed by atoms with Crippen LogP contribution in [0.4, 0.5) is 10.2 Å². The first-order chi connectivity index (χ1) is 10.7. The van der Waals surface area contributed by atoms with Gasteiger partial charge in [-0.2, -0.15) is 9.61 Å². The van der Waals surface area contributed by atoms with Crippen LogP contribution in [0.3, 0.4) is 0 Å². The van der Waals surface area contributed by atoms with Crippen molar-refractivity contribution in [3.8, 4) is 11.1 Å². The molecule has 0 saturated carbocycles. The SMILES string of the molecule is CCCCNc1cc(C)nc2c(-c3ccc(F)cc3)cnn12. The third-order valence-corrected chi connectivity index (χ3v) is 3.59. The highest BCUT2D eigenvalue weighted by Gasteiger charge is 2.11. The Morgan fingerprint density at radius 2 is 2.00 bits per heavy atom.